The Morgan fingerprint density at radius 1 is 1.07 bits per heavy atom. The molecule has 0 bridgehead atoms. The van der Waals surface area contributed by atoms with Gasteiger partial charge in [-0.2, -0.15) is 0 Å². The highest BCUT2D eigenvalue weighted by molar-refractivity contribution is 5.99. The van der Waals surface area contributed by atoms with Gasteiger partial charge in [0.15, 0.2) is 13.2 Å². The van der Waals surface area contributed by atoms with Gasteiger partial charge in [0.1, 0.15) is 5.75 Å². The average Bonchev–Trinajstić information content (AvgIpc) is 3.27. The highest BCUT2D eigenvalue weighted by atomic mass is 16.6. The van der Waals surface area contributed by atoms with Gasteiger partial charge in [0, 0.05) is 30.1 Å². The predicted octanol–water partition coefficient (Wildman–Crippen LogP) is 3.71. The summed E-state index contributed by atoms with van der Waals surface area (Å²) in [4.78, 5) is 24.6. The number of nitrogens with zero attached hydrogens (tertiary/aromatic N) is 1. The number of Topliss-reactive ketones (excluding diaryl/α,β-unsaturated/α-hetero) is 1. The molecule has 2 heterocycles. The molecule has 6 nitrogen and oxygen atoms in total. The van der Waals surface area contributed by atoms with Crippen molar-refractivity contribution in [3.63, 3.8) is 0 Å². The molecule has 6 heteroatoms. The topological polar surface area (TPSA) is 66.8 Å². The van der Waals surface area contributed by atoms with Gasteiger partial charge in [-0.25, -0.2) is 4.79 Å². The van der Waals surface area contributed by atoms with Crippen LogP contribution in [0.15, 0.2) is 24.3 Å². The molecule has 0 aliphatic carbocycles. The Hall–Kier alpha value is -2.60. The van der Waals surface area contributed by atoms with E-state index in [-0.39, 0.29) is 25.1 Å². The minimum Gasteiger partial charge on any atom is -0.482 e. The fourth-order valence-electron chi connectivity index (χ4n) is 3.78. The molecule has 0 saturated carbocycles. The van der Waals surface area contributed by atoms with E-state index in [1.54, 1.807) is 0 Å². The van der Waals surface area contributed by atoms with E-state index in [1.807, 2.05) is 52.0 Å². The molecule has 3 rings (SSSR count). The van der Waals surface area contributed by atoms with Crippen molar-refractivity contribution in [3.05, 3.63) is 52.3 Å². The smallest absolute Gasteiger partial charge is 0.344 e. The van der Waals surface area contributed by atoms with E-state index in [2.05, 4.69) is 4.57 Å². The monoisotopic (exact) mass is 399 g/mol. The number of ketones is 1. The number of aryl methyl sites for hydroxylation is 3. The van der Waals surface area contributed by atoms with Crippen molar-refractivity contribution < 1.29 is 23.8 Å². The van der Waals surface area contributed by atoms with Crippen molar-refractivity contribution in [3.8, 4) is 5.75 Å². The molecule has 0 spiro atoms. The third-order valence-corrected chi connectivity index (χ3v) is 5.20. The van der Waals surface area contributed by atoms with Crippen LogP contribution in [0, 0.1) is 27.7 Å². The predicted molar refractivity (Wildman–Crippen MR) is 110 cm³/mol. The molecular weight excluding hydrogens is 370 g/mol. The average molecular weight is 399 g/mol. The number of hydrogen-bond donors (Lipinski definition) is 0. The third-order valence-electron chi connectivity index (χ3n) is 5.20. The zero-order valence-electron chi connectivity index (χ0n) is 17.6. The molecule has 0 N–H and O–H groups in total. The second-order valence-corrected chi connectivity index (χ2v) is 7.73. The van der Waals surface area contributed by atoms with Crippen LogP contribution in [0.2, 0.25) is 0 Å². The first-order valence-corrected chi connectivity index (χ1v) is 10.0. The van der Waals surface area contributed by atoms with Gasteiger partial charge in [0.25, 0.3) is 0 Å². The number of hydrogen-bond acceptors (Lipinski definition) is 5. The molecule has 1 aliphatic rings. The van der Waals surface area contributed by atoms with E-state index in [4.69, 9.17) is 14.2 Å². The fourth-order valence-corrected chi connectivity index (χ4v) is 3.78. The second-order valence-electron chi connectivity index (χ2n) is 7.73. The van der Waals surface area contributed by atoms with E-state index in [9.17, 15) is 9.59 Å². The Morgan fingerprint density at radius 3 is 2.45 bits per heavy atom. The molecule has 1 fully saturated rings. The maximum absolute atomic E-state index is 12.6. The molecule has 156 valence electrons. The van der Waals surface area contributed by atoms with Crippen LogP contribution >= 0.6 is 0 Å². The summed E-state index contributed by atoms with van der Waals surface area (Å²) in [5.41, 5.74) is 4.59. The standard InChI is InChI=1S/C23H29NO5/c1-15-8-16(2)10-20(9-15)28-14-23(26)29-13-22(25)21-11-17(3)24(18(21)4)12-19-6-5-7-27-19/h8-11,19H,5-7,12-14H2,1-4H3/t19-/m0/s1. The number of carbonyl (C=O) groups excluding carboxylic acids is 2. The van der Waals surface area contributed by atoms with Crippen molar-refractivity contribution in [2.45, 2.75) is 53.2 Å². The van der Waals surface area contributed by atoms with Gasteiger partial charge < -0.3 is 18.8 Å². The van der Waals surface area contributed by atoms with E-state index in [1.165, 1.54) is 0 Å². The Balaban J connectivity index is 1.52. The summed E-state index contributed by atoms with van der Waals surface area (Å²) in [6, 6.07) is 7.59. The maximum atomic E-state index is 12.6. The van der Waals surface area contributed by atoms with Crippen molar-refractivity contribution in [1.29, 1.82) is 0 Å². The summed E-state index contributed by atoms with van der Waals surface area (Å²) in [7, 11) is 0. The summed E-state index contributed by atoms with van der Waals surface area (Å²) in [6.45, 7) is 8.85. The lowest BCUT2D eigenvalue weighted by Gasteiger charge is -2.14. The van der Waals surface area contributed by atoms with Gasteiger partial charge in [-0.05, 0) is 69.9 Å². The highest BCUT2D eigenvalue weighted by Crippen LogP contribution is 2.21. The van der Waals surface area contributed by atoms with Gasteiger partial charge in [-0.15, -0.1) is 0 Å². The largest absolute Gasteiger partial charge is 0.482 e. The van der Waals surface area contributed by atoms with Crippen molar-refractivity contribution in [1.82, 2.24) is 4.57 Å². The second kappa shape index (κ2) is 9.27. The molecule has 29 heavy (non-hydrogen) atoms. The fraction of sp³-hybridized carbons (Fsp3) is 0.478. The quantitative estimate of drug-likeness (QED) is 0.500. The van der Waals surface area contributed by atoms with Crippen molar-refractivity contribution >= 4 is 11.8 Å². The molecular formula is C23H29NO5. The summed E-state index contributed by atoms with van der Waals surface area (Å²) >= 11 is 0. The zero-order chi connectivity index (χ0) is 21.0. The maximum Gasteiger partial charge on any atom is 0.344 e. The van der Waals surface area contributed by atoms with Crippen LogP contribution in [0.3, 0.4) is 0 Å². The summed E-state index contributed by atoms with van der Waals surface area (Å²) < 4.78 is 18.4. The number of carbonyl (C=O) groups is 2. The van der Waals surface area contributed by atoms with Crippen molar-refractivity contribution in [2.24, 2.45) is 0 Å². The van der Waals surface area contributed by atoms with E-state index < -0.39 is 5.97 Å². The van der Waals surface area contributed by atoms with E-state index in [0.717, 1.165) is 48.5 Å². The minimum atomic E-state index is -0.564. The lowest BCUT2D eigenvalue weighted by atomic mass is 10.1. The number of esters is 1. The van der Waals surface area contributed by atoms with Crippen LogP contribution in [0.4, 0.5) is 0 Å². The van der Waals surface area contributed by atoms with Gasteiger partial charge in [-0.1, -0.05) is 6.07 Å². The lowest BCUT2D eigenvalue weighted by Crippen LogP contribution is -2.20. The Bertz CT molecular complexity index is 873. The van der Waals surface area contributed by atoms with Crippen LogP contribution in [0.25, 0.3) is 0 Å². The van der Waals surface area contributed by atoms with Gasteiger partial charge >= 0.3 is 5.97 Å². The molecule has 1 aromatic carbocycles. The molecule has 1 atom stereocenters. The van der Waals surface area contributed by atoms with E-state index >= 15 is 0 Å². The van der Waals surface area contributed by atoms with Gasteiger partial charge in [0.05, 0.1) is 6.10 Å². The van der Waals surface area contributed by atoms with E-state index in [0.29, 0.717) is 11.3 Å². The molecule has 2 aromatic rings. The van der Waals surface area contributed by atoms with Crippen LogP contribution in [0.5, 0.6) is 5.75 Å². The van der Waals surface area contributed by atoms with Gasteiger partial charge in [0.2, 0.25) is 5.78 Å². The zero-order valence-corrected chi connectivity index (χ0v) is 17.6. The Morgan fingerprint density at radius 2 is 1.79 bits per heavy atom. The van der Waals surface area contributed by atoms with Crippen LogP contribution < -0.4 is 4.74 Å². The molecule has 0 amide bonds. The Kier molecular flexibility index (Phi) is 6.75. The Labute approximate surface area is 171 Å². The normalized spacial score (nSPS) is 16.1. The summed E-state index contributed by atoms with van der Waals surface area (Å²) in [5, 5.41) is 0. The lowest BCUT2D eigenvalue weighted by molar-refractivity contribution is -0.144. The first kappa shape index (κ1) is 21.1. The number of aromatic nitrogens is 1. The molecule has 1 aromatic heterocycles. The SMILES string of the molecule is Cc1cc(C)cc(OCC(=O)OCC(=O)c2cc(C)n(C[C@@H]3CCCO3)c2C)c1. The summed E-state index contributed by atoms with van der Waals surface area (Å²) in [6.07, 6.45) is 2.32. The molecule has 1 aliphatic heterocycles. The van der Waals surface area contributed by atoms with Crippen LogP contribution in [0.1, 0.15) is 45.7 Å². The highest BCUT2D eigenvalue weighted by Gasteiger charge is 2.21. The van der Waals surface area contributed by atoms with Gasteiger partial charge in [-0.3, -0.25) is 4.79 Å². The third kappa shape index (κ3) is 5.48. The number of ether oxygens (including phenoxy) is 3. The molecule has 0 unspecified atom stereocenters. The molecule has 1 saturated heterocycles. The number of rotatable bonds is 8. The van der Waals surface area contributed by atoms with Crippen LogP contribution in [-0.4, -0.2) is 42.2 Å². The van der Waals surface area contributed by atoms with Crippen LogP contribution in [-0.2, 0) is 20.8 Å². The van der Waals surface area contributed by atoms with Crippen molar-refractivity contribution in [2.75, 3.05) is 19.8 Å². The first-order valence-electron chi connectivity index (χ1n) is 10.0. The summed E-state index contributed by atoms with van der Waals surface area (Å²) in [5.74, 6) is -0.162. The minimum absolute atomic E-state index is 0.197. The molecule has 0 radical (unpaired) electrons. The number of benzene rings is 1. The first-order chi connectivity index (χ1) is 13.8.